The van der Waals surface area contributed by atoms with E-state index in [1.165, 1.54) is 10.6 Å². The van der Waals surface area contributed by atoms with Gasteiger partial charge in [-0.15, -0.1) is 0 Å². The second kappa shape index (κ2) is 9.56. The summed E-state index contributed by atoms with van der Waals surface area (Å²) >= 11 is 0. The first kappa shape index (κ1) is 21.4. The van der Waals surface area contributed by atoms with Crippen LogP contribution >= 0.6 is 0 Å². The van der Waals surface area contributed by atoms with Gasteiger partial charge in [-0.05, 0) is 42.8 Å². The molecule has 0 radical (unpaired) electrons. The van der Waals surface area contributed by atoms with E-state index in [9.17, 15) is 14.0 Å². The van der Waals surface area contributed by atoms with Gasteiger partial charge in [0.25, 0.3) is 11.5 Å². The van der Waals surface area contributed by atoms with Crippen molar-refractivity contribution in [1.82, 2.24) is 9.55 Å². The number of amides is 1. The largest absolute Gasteiger partial charge is 0.308 e. The zero-order valence-corrected chi connectivity index (χ0v) is 17.9. The van der Waals surface area contributed by atoms with Crippen LogP contribution in [0, 0.1) is 5.82 Å². The molecule has 2 heterocycles. The van der Waals surface area contributed by atoms with Crippen LogP contribution in [0.1, 0.15) is 35.7 Å². The number of benzene rings is 2. The lowest BCUT2D eigenvalue weighted by atomic mass is 10.1. The molecule has 32 heavy (non-hydrogen) atoms. The minimum atomic E-state index is -0.484. The molecule has 2 aromatic heterocycles. The Kier molecular flexibility index (Phi) is 6.40. The third-order valence-electron chi connectivity index (χ3n) is 5.41. The van der Waals surface area contributed by atoms with Crippen LogP contribution in [0.3, 0.4) is 0 Å². The molecule has 0 aliphatic heterocycles. The summed E-state index contributed by atoms with van der Waals surface area (Å²) in [5.41, 5.74) is 1.06. The predicted molar refractivity (Wildman–Crippen MR) is 125 cm³/mol. The maximum atomic E-state index is 14.3. The van der Waals surface area contributed by atoms with Crippen molar-refractivity contribution in [1.29, 1.82) is 0 Å². The van der Waals surface area contributed by atoms with E-state index in [4.69, 9.17) is 0 Å². The molecule has 1 amide bonds. The van der Waals surface area contributed by atoms with Crippen LogP contribution in [0.15, 0.2) is 83.8 Å². The molecule has 4 rings (SSSR count). The van der Waals surface area contributed by atoms with Gasteiger partial charge in [0, 0.05) is 29.4 Å². The first-order valence-electron chi connectivity index (χ1n) is 10.7. The van der Waals surface area contributed by atoms with E-state index in [0.717, 1.165) is 18.5 Å². The van der Waals surface area contributed by atoms with Gasteiger partial charge in [-0.2, -0.15) is 0 Å². The van der Waals surface area contributed by atoms with Crippen molar-refractivity contribution < 1.29 is 9.18 Å². The Hall–Kier alpha value is -3.80. The fourth-order valence-corrected chi connectivity index (χ4v) is 3.72. The maximum absolute atomic E-state index is 14.3. The van der Waals surface area contributed by atoms with Crippen molar-refractivity contribution in [3.05, 3.63) is 106 Å². The lowest BCUT2D eigenvalue weighted by Gasteiger charge is -2.23. The zero-order valence-electron chi connectivity index (χ0n) is 17.9. The number of fused-ring (bicyclic) bond motifs is 1. The van der Waals surface area contributed by atoms with E-state index >= 15 is 0 Å². The summed E-state index contributed by atoms with van der Waals surface area (Å²) in [5, 5.41) is 0.648. The number of carbonyl (C=O) groups is 1. The van der Waals surface area contributed by atoms with Crippen LogP contribution in [0.4, 0.5) is 10.1 Å². The molecule has 4 aromatic rings. The number of unbranched alkanes of at least 4 members (excludes halogenated alkanes) is 1. The minimum absolute atomic E-state index is 0.0135. The summed E-state index contributed by atoms with van der Waals surface area (Å²) in [6.07, 6.45) is 3.30. The van der Waals surface area contributed by atoms with Gasteiger partial charge in [-0.25, -0.2) is 9.37 Å². The van der Waals surface area contributed by atoms with E-state index in [0.29, 0.717) is 23.1 Å². The Morgan fingerprint density at radius 3 is 2.53 bits per heavy atom. The summed E-state index contributed by atoms with van der Waals surface area (Å²) in [5.74, 6) is -0.781. The molecule has 0 saturated carbocycles. The van der Waals surface area contributed by atoms with Crippen LogP contribution in [0.5, 0.6) is 0 Å². The van der Waals surface area contributed by atoms with Gasteiger partial charge in [0.15, 0.2) is 0 Å². The average molecular weight is 429 g/mol. The first-order chi connectivity index (χ1) is 15.6. The molecule has 0 aliphatic carbocycles. The van der Waals surface area contributed by atoms with E-state index in [1.54, 1.807) is 47.5 Å². The van der Waals surface area contributed by atoms with Gasteiger partial charge in [0.1, 0.15) is 17.0 Å². The van der Waals surface area contributed by atoms with Gasteiger partial charge in [0.05, 0.1) is 6.54 Å². The van der Waals surface area contributed by atoms with Crippen molar-refractivity contribution in [3.8, 4) is 0 Å². The van der Waals surface area contributed by atoms with Crippen LogP contribution < -0.4 is 10.5 Å². The number of nitrogens with zero attached hydrogens (tertiary/aromatic N) is 3. The van der Waals surface area contributed by atoms with Crippen molar-refractivity contribution in [2.75, 3.05) is 11.4 Å². The van der Waals surface area contributed by atoms with E-state index in [1.807, 2.05) is 30.3 Å². The molecule has 0 unspecified atom stereocenters. The van der Waals surface area contributed by atoms with Crippen molar-refractivity contribution in [3.63, 3.8) is 0 Å². The van der Waals surface area contributed by atoms with Crippen LogP contribution in [-0.2, 0) is 6.54 Å². The fraction of sp³-hybridized carbons (Fsp3) is 0.192. The van der Waals surface area contributed by atoms with Gasteiger partial charge in [0.2, 0.25) is 0 Å². The van der Waals surface area contributed by atoms with E-state index < -0.39 is 11.4 Å². The second-order valence-corrected chi connectivity index (χ2v) is 7.60. The predicted octanol–water partition coefficient (Wildman–Crippen LogP) is 5.03. The number of halogens is 1. The first-order valence-corrected chi connectivity index (χ1v) is 10.7. The van der Waals surface area contributed by atoms with Crippen LogP contribution in [0.2, 0.25) is 0 Å². The van der Waals surface area contributed by atoms with E-state index in [-0.39, 0.29) is 18.0 Å². The molecule has 5 nitrogen and oxygen atoms in total. The summed E-state index contributed by atoms with van der Waals surface area (Å²) in [6.45, 7) is 2.54. The highest BCUT2D eigenvalue weighted by Gasteiger charge is 2.23. The van der Waals surface area contributed by atoms with Crippen LogP contribution in [-0.4, -0.2) is 22.0 Å². The lowest BCUT2D eigenvalue weighted by molar-refractivity contribution is 0.0985. The number of carbonyl (C=O) groups excluding carboxylic acids is 1. The highest BCUT2D eigenvalue weighted by Crippen LogP contribution is 2.20. The molecule has 0 N–H and O–H groups in total. The highest BCUT2D eigenvalue weighted by atomic mass is 19.1. The summed E-state index contributed by atoms with van der Waals surface area (Å²) in [4.78, 5) is 33.1. The number of pyridine rings is 2. The quantitative estimate of drug-likeness (QED) is 0.414. The smallest absolute Gasteiger partial charge is 0.265 e. The standard InChI is InChI=1S/C26H24FN3O2/c1-2-3-16-29(21-12-5-4-6-13-21)25(31)22-17-19-11-9-15-28-24(19)30(26(22)32)18-20-10-7-8-14-23(20)27/h4-15,17H,2-3,16,18H2,1H3. The molecule has 2 aromatic carbocycles. The summed E-state index contributed by atoms with van der Waals surface area (Å²) < 4.78 is 15.7. The molecule has 0 spiro atoms. The average Bonchev–Trinajstić information content (AvgIpc) is 2.82. The molecule has 0 atom stereocenters. The third kappa shape index (κ3) is 4.30. The zero-order chi connectivity index (χ0) is 22.5. The molecule has 0 saturated heterocycles. The Morgan fingerprint density at radius 1 is 1.03 bits per heavy atom. The van der Waals surface area contributed by atoms with Crippen molar-refractivity contribution in [2.24, 2.45) is 0 Å². The number of anilines is 1. The Bertz CT molecular complexity index is 1300. The van der Waals surface area contributed by atoms with Crippen molar-refractivity contribution >= 4 is 22.6 Å². The minimum Gasteiger partial charge on any atom is -0.308 e. The monoisotopic (exact) mass is 429 g/mol. The van der Waals surface area contributed by atoms with Gasteiger partial charge < -0.3 is 4.90 Å². The Labute approximate surface area is 185 Å². The number of hydrogen-bond donors (Lipinski definition) is 0. The third-order valence-corrected chi connectivity index (χ3v) is 5.41. The maximum Gasteiger partial charge on any atom is 0.265 e. The lowest BCUT2D eigenvalue weighted by Crippen LogP contribution is -2.38. The number of para-hydroxylation sites is 1. The Balaban J connectivity index is 1.85. The molecule has 0 fully saturated rings. The van der Waals surface area contributed by atoms with Crippen LogP contribution in [0.25, 0.3) is 11.0 Å². The summed E-state index contributed by atoms with van der Waals surface area (Å²) in [6, 6.07) is 20.8. The molecular weight excluding hydrogens is 405 g/mol. The van der Waals surface area contributed by atoms with Crippen molar-refractivity contribution in [2.45, 2.75) is 26.3 Å². The number of aromatic nitrogens is 2. The fourth-order valence-electron chi connectivity index (χ4n) is 3.72. The normalized spacial score (nSPS) is 10.9. The topological polar surface area (TPSA) is 55.2 Å². The molecule has 0 bridgehead atoms. The molecule has 6 heteroatoms. The summed E-state index contributed by atoms with van der Waals surface area (Å²) in [7, 11) is 0. The number of rotatable bonds is 7. The van der Waals surface area contributed by atoms with Gasteiger partial charge in [-0.3, -0.25) is 14.2 Å². The van der Waals surface area contributed by atoms with Gasteiger partial charge in [-0.1, -0.05) is 49.7 Å². The Morgan fingerprint density at radius 2 is 1.78 bits per heavy atom. The molecular formula is C26H24FN3O2. The second-order valence-electron chi connectivity index (χ2n) is 7.60. The SMILES string of the molecule is CCCCN(C(=O)c1cc2cccnc2n(Cc2ccccc2F)c1=O)c1ccccc1. The number of hydrogen-bond acceptors (Lipinski definition) is 3. The van der Waals surface area contributed by atoms with E-state index in [2.05, 4.69) is 11.9 Å². The molecule has 0 aliphatic rings. The highest BCUT2D eigenvalue weighted by molar-refractivity contribution is 6.07. The van der Waals surface area contributed by atoms with Gasteiger partial charge >= 0.3 is 0 Å². The molecule has 162 valence electrons.